The summed E-state index contributed by atoms with van der Waals surface area (Å²) in [5.74, 6) is 2.31. The van der Waals surface area contributed by atoms with Crippen molar-refractivity contribution in [3.05, 3.63) is 53.6 Å². The highest BCUT2D eigenvalue weighted by atomic mass is 16.5. The second kappa shape index (κ2) is 12.2. The number of hydrogen-bond acceptors (Lipinski definition) is 6. The fourth-order valence-corrected chi connectivity index (χ4v) is 6.24. The summed E-state index contributed by atoms with van der Waals surface area (Å²) in [5, 5.41) is 3.15. The van der Waals surface area contributed by atoms with Crippen molar-refractivity contribution >= 4 is 11.8 Å². The number of para-hydroxylation sites is 1. The molecule has 1 spiro atoms. The van der Waals surface area contributed by atoms with Crippen molar-refractivity contribution in [2.75, 3.05) is 45.9 Å². The number of fused-ring (bicyclic) bond motifs is 1. The van der Waals surface area contributed by atoms with Gasteiger partial charge in [0, 0.05) is 30.9 Å². The van der Waals surface area contributed by atoms with Crippen LogP contribution in [-0.4, -0.2) is 77.5 Å². The molecular formula is C30H41N5O3. The summed E-state index contributed by atoms with van der Waals surface area (Å²) >= 11 is 0. The molecule has 3 aliphatic rings. The predicted molar refractivity (Wildman–Crippen MR) is 146 cm³/mol. The van der Waals surface area contributed by atoms with Gasteiger partial charge in [0.2, 0.25) is 11.8 Å². The van der Waals surface area contributed by atoms with E-state index in [0.29, 0.717) is 26.2 Å². The van der Waals surface area contributed by atoms with Gasteiger partial charge < -0.3 is 15.0 Å². The average Bonchev–Trinajstić information content (AvgIpc) is 2.94. The number of amides is 2. The van der Waals surface area contributed by atoms with Crippen LogP contribution in [0, 0.1) is 12.3 Å². The lowest BCUT2D eigenvalue weighted by molar-refractivity contribution is -0.137. The maximum Gasteiger partial charge on any atom is 0.236 e. The van der Waals surface area contributed by atoms with Crippen molar-refractivity contribution in [1.82, 2.24) is 25.1 Å². The summed E-state index contributed by atoms with van der Waals surface area (Å²) in [6.07, 6.45) is 9.32. The van der Waals surface area contributed by atoms with Crippen molar-refractivity contribution < 1.29 is 14.3 Å². The van der Waals surface area contributed by atoms with Gasteiger partial charge in [0.25, 0.3) is 0 Å². The van der Waals surface area contributed by atoms with E-state index in [4.69, 9.17) is 4.74 Å². The quantitative estimate of drug-likeness (QED) is 0.668. The number of nitrogens with one attached hydrogen (secondary N) is 1. The fourth-order valence-electron chi connectivity index (χ4n) is 6.24. The van der Waals surface area contributed by atoms with Crippen molar-refractivity contribution in [3.8, 4) is 5.75 Å². The van der Waals surface area contributed by atoms with Gasteiger partial charge in [-0.1, -0.05) is 24.6 Å². The third-order valence-electron chi connectivity index (χ3n) is 8.58. The van der Waals surface area contributed by atoms with Crippen LogP contribution < -0.4 is 10.1 Å². The third-order valence-corrected chi connectivity index (χ3v) is 8.58. The molecule has 8 nitrogen and oxygen atoms in total. The molecule has 1 N–H and O–H groups in total. The second-order valence-electron chi connectivity index (χ2n) is 11.2. The van der Waals surface area contributed by atoms with Gasteiger partial charge in [0.05, 0.1) is 18.5 Å². The molecule has 5 rings (SSSR count). The number of benzene rings is 1. The van der Waals surface area contributed by atoms with Gasteiger partial charge in [0.15, 0.2) is 0 Å². The van der Waals surface area contributed by atoms with Crippen LogP contribution in [0.25, 0.3) is 0 Å². The van der Waals surface area contributed by atoms with Crippen LogP contribution in [0.2, 0.25) is 0 Å². The maximum atomic E-state index is 13.4. The number of likely N-dealkylation sites (tertiary alicyclic amines) is 2. The summed E-state index contributed by atoms with van der Waals surface area (Å²) in [4.78, 5) is 39.9. The number of ether oxygens (including phenoxy) is 1. The van der Waals surface area contributed by atoms with Crippen LogP contribution in [0.15, 0.2) is 36.5 Å². The second-order valence-corrected chi connectivity index (χ2v) is 11.2. The molecule has 1 aromatic carbocycles. The van der Waals surface area contributed by atoms with Crippen LogP contribution in [0.5, 0.6) is 5.75 Å². The number of aromatic nitrogens is 2. The van der Waals surface area contributed by atoms with Gasteiger partial charge >= 0.3 is 0 Å². The van der Waals surface area contributed by atoms with Gasteiger partial charge in [-0.2, -0.15) is 0 Å². The molecule has 8 heteroatoms. The molecule has 204 valence electrons. The van der Waals surface area contributed by atoms with Crippen LogP contribution >= 0.6 is 0 Å². The summed E-state index contributed by atoms with van der Waals surface area (Å²) in [6.45, 7) is 6.43. The molecule has 2 amide bonds. The Bertz CT molecular complexity index is 1110. The highest BCUT2D eigenvalue weighted by Gasteiger charge is 2.41. The zero-order valence-electron chi connectivity index (χ0n) is 22.7. The SMILES string of the molecule is Cc1ccnc(C2CCCN(C(=O)CN3CCC4(CCCCc5ccccc5OCCNC4=O)CC3)C2)n1. The van der Waals surface area contributed by atoms with Crippen LogP contribution in [0.4, 0.5) is 0 Å². The maximum absolute atomic E-state index is 13.4. The van der Waals surface area contributed by atoms with E-state index in [9.17, 15) is 9.59 Å². The molecule has 2 fully saturated rings. The first kappa shape index (κ1) is 26.6. The first-order valence-corrected chi connectivity index (χ1v) is 14.3. The van der Waals surface area contributed by atoms with Gasteiger partial charge in [-0.05, 0) is 82.7 Å². The monoisotopic (exact) mass is 519 g/mol. The average molecular weight is 520 g/mol. The minimum Gasteiger partial charge on any atom is -0.491 e. The number of carbonyl (C=O) groups is 2. The van der Waals surface area contributed by atoms with E-state index in [0.717, 1.165) is 88.3 Å². The molecule has 0 aliphatic carbocycles. The lowest BCUT2D eigenvalue weighted by Crippen LogP contribution is -2.52. The topological polar surface area (TPSA) is 87.7 Å². The molecule has 1 atom stereocenters. The van der Waals surface area contributed by atoms with Crippen molar-refractivity contribution in [2.24, 2.45) is 5.41 Å². The summed E-state index contributed by atoms with van der Waals surface area (Å²) in [5.41, 5.74) is 1.86. The minimum atomic E-state index is -0.350. The van der Waals surface area contributed by atoms with Gasteiger partial charge in [-0.15, -0.1) is 0 Å². The third kappa shape index (κ3) is 6.34. The van der Waals surface area contributed by atoms with E-state index >= 15 is 0 Å². The van der Waals surface area contributed by atoms with E-state index in [-0.39, 0.29) is 23.1 Å². The number of piperidine rings is 2. The van der Waals surface area contributed by atoms with Gasteiger partial charge in [0.1, 0.15) is 18.2 Å². The Kier molecular flexibility index (Phi) is 8.57. The molecule has 0 radical (unpaired) electrons. The predicted octanol–water partition coefficient (Wildman–Crippen LogP) is 3.49. The summed E-state index contributed by atoms with van der Waals surface area (Å²) in [6, 6.07) is 10.1. The van der Waals surface area contributed by atoms with Crippen molar-refractivity contribution in [1.29, 1.82) is 0 Å². The van der Waals surface area contributed by atoms with Crippen LogP contribution in [-0.2, 0) is 16.0 Å². The molecular weight excluding hydrogens is 478 g/mol. The minimum absolute atomic E-state index is 0.151. The molecule has 1 unspecified atom stereocenters. The first-order valence-electron chi connectivity index (χ1n) is 14.3. The van der Waals surface area contributed by atoms with E-state index in [1.807, 2.05) is 36.2 Å². The van der Waals surface area contributed by atoms with E-state index < -0.39 is 0 Å². The Balaban J connectivity index is 1.15. The fraction of sp³-hybridized carbons (Fsp3) is 0.600. The highest BCUT2D eigenvalue weighted by molar-refractivity contribution is 5.83. The van der Waals surface area contributed by atoms with E-state index in [1.165, 1.54) is 5.56 Å². The van der Waals surface area contributed by atoms with Crippen molar-refractivity contribution in [2.45, 2.75) is 64.2 Å². The largest absolute Gasteiger partial charge is 0.491 e. The van der Waals surface area contributed by atoms with Crippen molar-refractivity contribution in [3.63, 3.8) is 0 Å². The Morgan fingerprint density at radius 3 is 2.79 bits per heavy atom. The Morgan fingerprint density at radius 2 is 1.95 bits per heavy atom. The Morgan fingerprint density at radius 1 is 1.11 bits per heavy atom. The number of aryl methyl sites for hydroxylation is 2. The number of hydrogen-bond donors (Lipinski definition) is 1. The Labute approximate surface area is 226 Å². The first-order chi connectivity index (χ1) is 18.5. The number of carbonyl (C=O) groups excluding carboxylic acids is 2. The van der Waals surface area contributed by atoms with E-state index in [1.54, 1.807) is 0 Å². The zero-order chi connectivity index (χ0) is 26.4. The molecule has 0 saturated carbocycles. The van der Waals surface area contributed by atoms with Gasteiger partial charge in [-0.3, -0.25) is 14.5 Å². The Hall–Kier alpha value is -3.00. The highest BCUT2D eigenvalue weighted by Crippen LogP contribution is 2.38. The number of nitrogens with zero attached hydrogens (tertiary/aromatic N) is 4. The summed E-state index contributed by atoms with van der Waals surface area (Å²) in [7, 11) is 0. The molecule has 38 heavy (non-hydrogen) atoms. The molecule has 0 bridgehead atoms. The van der Waals surface area contributed by atoms with Gasteiger partial charge in [-0.25, -0.2) is 9.97 Å². The smallest absolute Gasteiger partial charge is 0.236 e. The van der Waals surface area contributed by atoms with Crippen LogP contribution in [0.1, 0.15) is 67.9 Å². The van der Waals surface area contributed by atoms with E-state index in [2.05, 4.69) is 32.3 Å². The molecule has 2 aromatic rings. The lowest BCUT2D eigenvalue weighted by atomic mass is 9.73. The summed E-state index contributed by atoms with van der Waals surface area (Å²) < 4.78 is 5.97. The standard InChI is InChI=1S/C30H41N5O3/c1-23-11-15-31-28(33-23)25-9-6-17-35(21-25)27(36)22-34-18-13-30(14-19-34)12-5-4-8-24-7-2-3-10-26(24)38-20-16-32-29(30)37/h2-3,7,10-11,15,25H,4-6,8-9,12-14,16-22H2,1H3,(H,32,37). The lowest BCUT2D eigenvalue weighted by Gasteiger charge is -2.41. The molecule has 4 heterocycles. The molecule has 3 aliphatic heterocycles. The molecule has 1 aromatic heterocycles. The zero-order valence-corrected chi connectivity index (χ0v) is 22.7. The normalized spacial score (nSPS) is 22.9. The van der Waals surface area contributed by atoms with Crippen LogP contribution in [0.3, 0.4) is 0 Å². The molecule has 2 saturated heterocycles. The number of rotatable bonds is 3.